The van der Waals surface area contributed by atoms with Gasteiger partial charge in [-0.2, -0.15) is 16.8 Å². The van der Waals surface area contributed by atoms with Crippen LogP contribution in [0.15, 0.2) is 65.7 Å². The Morgan fingerprint density at radius 1 is 0.696 bits per heavy atom. The third-order valence-corrected chi connectivity index (χ3v) is 6.02. The van der Waals surface area contributed by atoms with Crippen LogP contribution in [0.4, 0.5) is 0 Å². The molecule has 2 aromatic rings. The monoisotopic (exact) mass is 550 g/mol. The molecule has 0 radical (unpaired) electrons. The fraction of sp³-hybridized carbons (Fsp3) is 0. The van der Waals surface area contributed by atoms with Gasteiger partial charge < -0.3 is 0 Å². The predicted octanol–water partition coefficient (Wildman–Crippen LogP) is 4.15. The molecule has 11 heteroatoms. The van der Waals surface area contributed by atoms with Gasteiger partial charge in [0.25, 0.3) is 20.2 Å². The Kier molecular flexibility index (Phi) is 7.38. The van der Waals surface area contributed by atoms with Gasteiger partial charge in [0.1, 0.15) is 4.90 Å². The van der Waals surface area contributed by atoms with Gasteiger partial charge in [0.2, 0.25) is 0 Å². The van der Waals surface area contributed by atoms with Gasteiger partial charge in [-0.1, -0.05) is 31.9 Å². The van der Waals surface area contributed by atoms with Gasteiger partial charge in [0, 0.05) is 13.4 Å². The second-order valence-corrected chi connectivity index (χ2v) is 9.48. The summed E-state index contributed by atoms with van der Waals surface area (Å²) >= 11 is 9.23. The van der Waals surface area contributed by atoms with Crippen molar-refractivity contribution in [3.05, 3.63) is 55.9 Å². The molecule has 0 amide bonds. The SMILES string of the molecule is O=S(=O)(O)c1cc(Br)ccc1Br.O=S(=O)(O)c1ccc(Br)cc1. The average molecular weight is 553 g/mol. The number of rotatable bonds is 2. The van der Waals surface area contributed by atoms with Gasteiger partial charge in [0.05, 0.1) is 4.90 Å². The van der Waals surface area contributed by atoms with Crippen molar-refractivity contribution in [2.24, 2.45) is 0 Å². The van der Waals surface area contributed by atoms with Gasteiger partial charge in [-0.25, -0.2) is 0 Å². The standard InChI is InChI=1S/C6H4Br2O3S.C6H5BrO3S/c7-4-1-2-5(8)6(3-4)12(9,10)11;7-5-1-3-6(4-2-5)11(8,9)10/h1-3H,(H,9,10,11);1-4H,(H,8,9,10). The van der Waals surface area contributed by atoms with Crippen molar-refractivity contribution in [1.82, 2.24) is 0 Å². The first-order valence-corrected chi connectivity index (χ1v) is 10.8. The highest BCUT2D eigenvalue weighted by Gasteiger charge is 2.13. The van der Waals surface area contributed by atoms with Gasteiger partial charge >= 0.3 is 0 Å². The maximum Gasteiger partial charge on any atom is 0.295 e. The summed E-state index contributed by atoms with van der Waals surface area (Å²) in [7, 11) is -8.17. The average Bonchev–Trinajstić information content (AvgIpc) is 2.40. The van der Waals surface area contributed by atoms with E-state index in [2.05, 4.69) is 47.8 Å². The first-order chi connectivity index (χ1) is 10.4. The largest absolute Gasteiger partial charge is 0.295 e. The van der Waals surface area contributed by atoms with Crippen molar-refractivity contribution in [1.29, 1.82) is 0 Å². The van der Waals surface area contributed by atoms with Crippen LogP contribution in [0.2, 0.25) is 0 Å². The van der Waals surface area contributed by atoms with Gasteiger partial charge in [-0.3, -0.25) is 9.11 Å². The molecule has 0 aromatic heterocycles. The normalized spacial score (nSPS) is 11.5. The molecule has 0 spiro atoms. The van der Waals surface area contributed by atoms with Crippen molar-refractivity contribution >= 4 is 68.0 Å². The first-order valence-electron chi connectivity index (χ1n) is 5.57. The van der Waals surface area contributed by atoms with Crippen molar-refractivity contribution < 1.29 is 25.9 Å². The van der Waals surface area contributed by atoms with E-state index >= 15 is 0 Å². The highest BCUT2D eigenvalue weighted by atomic mass is 79.9. The third-order valence-electron chi connectivity index (χ3n) is 2.28. The maximum atomic E-state index is 10.7. The van der Waals surface area contributed by atoms with Crippen LogP contribution in [0.1, 0.15) is 0 Å². The van der Waals surface area contributed by atoms with Gasteiger partial charge in [-0.05, 0) is 58.4 Å². The van der Waals surface area contributed by atoms with E-state index in [1.807, 2.05) is 0 Å². The van der Waals surface area contributed by atoms with Crippen LogP contribution in [0, 0.1) is 0 Å². The van der Waals surface area contributed by atoms with E-state index in [9.17, 15) is 16.8 Å². The fourth-order valence-electron chi connectivity index (χ4n) is 1.28. The molecular formula is C12H9Br3O6S2. The molecule has 126 valence electrons. The Morgan fingerprint density at radius 3 is 1.57 bits per heavy atom. The van der Waals surface area contributed by atoms with Gasteiger partial charge in [-0.15, -0.1) is 0 Å². The highest BCUT2D eigenvalue weighted by Crippen LogP contribution is 2.25. The van der Waals surface area contributed by atoms with E-state index in [0.29, 0.717) is 8.95 Å². The molecule has 2 aromatic carbocycles. The number of halogens is 3. The summed E-state index contributed by atoms with van der Waals surface area (Å²) in [6.07, 6.45) is 0. The zero-order valence-electron chi connectivity index (χ0n) is 11.0. The molecule has 0 aliphatic carbocycles. The number of benzene rings is 2. The lowest BCUT2D eigenvalue weighted by Crippen LogP contribution is -1.98. The van der Waals surface area contributed by atoms with E-state index in [4.69, 9.17) is 9.11 Å². The molecule has 0 saturated carbocycles. The molecule has 0 unspecified atom stereocenters. The first kappa shape index (κ1) is 20.7. The summed E-state index contributed by atoms with van der Waals surface area (Å²) in [5.41, 5.74) is 0. The van der Waals surface area contributed by atoms with Crippen LogP contribution >= 0.6 is 47.8 Å². The van der Waals surface area contributed by atoms with Crippen LogP contribution in [-0.2, 0) is 20.2 Å². The lowest BCUT2D eigenvalue weighted by molar-refractivity contribution is 0.480. The second-order valence-electron chi connectivity index (χ2n) is 3.98. The van der Waals surface area contributed by atoms with Crippen molar-refractivity contribution in [3.8, 4) is 0 Å². The molecule has 0 heterocycles. The van der Waals surface area contributed by atoms with Crippen LogP contribution < -0.4 is 0 Å². The Morgan fingerprint density at radius 2 is 1.17 bits per heavy atom. The second kappa shape index (κ2) is 8.19. The summed E-state index contributed by atoms with van der Waals surface area (Å²) in [5.74, 6) is 0. The Labute approximate surface area is 158 Å². The summed E-state index contributed by atoms with van der Waals surface area (Å²) < 4.78 is 61.3. The van der Waals surface area contributed by atoms with E-state index in [1.54, 1.807) is 18.2 Å². The topological polar surface area (TPSA) is 109 Å². The van der Waals surface area contributed by atoms with Crippen LogP contribution in [0.5, 0.6) is 0 Å². The van der Waals surface area contributed by atoms with Gasteiger partial charge in [0.15, 0.2) is 0 Å². The smallest absolute Gasteiger partial charge is 0.282 e. The summed E-state index contributed by atoms with van der Waals surface area (Å²) in [6, 6.07) is 10.2. The lowest BCUT2D eigenvalue weighted by Gasteiger charge is -2.00. The van der Waals surface area contributed by atoms with E-state index in [-0.39, 0.29) is 9.79 Å². The Balaban J connectivity index is 0.000000231. The molecule has 0 saturated heterocycles. The molecule has 0 aliphatic rings. The predicted molar refractivity (Wildman–Crippen MR) is 95.6 cm³/mol. The molecule has 6 nitrogen and oxygen atoms in total. The van der Waals surface area contributed by atoms with Crippen molar-refractivity contribution in [3.63, 3.8) is 0 Å². The molecule has 0 aliphatic heterocycles. The van der Waals surface area contributed by atoms with Crippen LogP contribution in [0.25, 0.3) is 0 Å². The third kappa shape index (κ3) is 6.99. The molecule has 0 atom stereocenters. The van der Waals surface area contributed by atoms with Crippen LogP contribution in [-0.4, -0.2) is 25.9 Å². The van der Waals surface area contributed by atoms with E-state index in [0.717, 1.165) is 4.47 Å². The summed E-state index contributed by atoms with van der Waals surface area (Å²) in [6.45, 7) is 0. The Bertz CT molecular complexity index is 893. The van der Waals surface area contributed by atoms with Crippen molar-refractivity contribution in [2.75, 3.05) is 0 Å². The molecule has 0 bridgehead atoms. The maximum absolute atomic E-state index is 10.7. The highest BCUT2D eigenvalue weighted by molar-refractivity contribution is 9.11. The molecule has 2 N–H and O–H groups in total. The molecule has 0 fully saturated rings. The zero-order valence-corrected chi connectivity index (χ0v) is 17.4. The minimum atomic E-state index is -4.13. The molecule has 2 rings (SSSR count). The minimum Gasteiger partial charge on any atom is -0.282 e. The Hall–Kier alpha value is -0.300. The zero-order chi connectivity index (χ0) is 17.8. The number of hydrogen-bond acceptors (Lipinski definition) is 4. The van der Waals surface area contributed by atoms with E-state index < -0.39 is 20.2 Å². The quantitative estimate of drug-likeness (QED) is 0.542. The fourth-order valence-corrected chi connectivity index (χ4v) is 3.99. The van der Waals surface area contributed by atoms with E-state index in [1.165, 1.54) is 24.3 Å². The molecule has 23 heavy (non-hydrogen) atoms. The summed E-state index contributed by atoms with van der Waals surface area (Å²) in [4.78, 5) is -0.238. The molecular weight excluding hydrogens is 544 g/mol. The van der Waals surface area contributed by atoms with Crippen molar-refractivity contribution in [2.45, 2.75) is 9.79 Å². The lowest BCUT2D eigenvalue weighted by atomic mass is 10.4. The van der Waals surface area contributed by atoms with Crippen LogP contribution in [0.3, 0.4) is 0 Å². The summed E-state index contributed by atoms with van der Waals surface area (Å²) in [5, 5.41) is 0. The number of hydrogen-bond donors (Lipinski definition) is 2. The minimum absolute atomic E-state index is 0.0966.